The van der Waals surface area contributed by atoms with E-state index in [1.165, 1.54) is 12.4 Å². The van der Waals surface area contributed by atoms with Crippen LogP contribution in [0.15, 0.2) is 23.0 Å². The molecular weight excluding hydrogens is 156 g/mol. The third-order valence-electron chi connectivity index (χ3n) is 0.415. The highest BCUT2D eigenvalue weighted by molar-refractivity contribution is 9.11. The van der Waals surface area contributed by atoms with Gasteiger partial charge in [0.25, 0.3) is 0 Å². The van der Waals surface area contributed by atoms with Gasteiger partial charge in [0.2, 0.25) is 0 Å². The van der Waals surface area contributed by atoms with Crippen molar-refractivity contribution in [2.45, 2.75) is 0 Å². The van der Waals surface area contributed by atoms with E-state index in [9.17, 15) is 0 Å². The molecule has 7 heavy (non-hydrogen) atoms. The summed E-state index contributed by atoms with van der Waals surface area (Å²) in [6.07, 6.45) is 4.48. The molecule has 0 aromatic carbocycles. The minimum absolute atomic E-state index is 0.787. The average molecular weight is 163 g/mol. The Kier molecular flexibility index (Phi) is 3.50. The number of hydrogen-bond donors (Lipinski definition) is 2. The Bertz CT molecular complexity index is 95.9. The van der Waals surface area contributed by atoms with Crippen LogP contribution in [0.4, 0.5) is 0 Å². The molecule has 0 saturated heterocycles. The largest absolute Gasteiger partial charge is 0.405 e. The molecule has 0 rings (SSSR count). The highest BCUT2D eigenvalue weighted by Crippen LogP contribution is 2.01. The Balaban J connectivity index is 3.58. The molecule has 2 nitrogen and oxygen atoms in total. The molecule has 0 radical (unpaired) electrons. The Morgan fingerprint density at radius 2 is 2.00 bits per heavy atom. The maximum Gasteiger partial charge on any atom is 0.0344 e. The van der Waals surface area contributed by atoms with Gasteiger partial charge < -0.3 is 11.5 Å². The average Bonchev–Trinajstić information content (AvgIpc) is 1.68. The molecule has 0 aliphatic heterocycles. The van der Waals surface area contributed by atoms with E-state index in [4.69, 9.17) is 11.5 Å². The molecule has 0 fully saturated rings. The van der Waals surface area contributed by atoms with Crippen molar-refractivity contribution in [3.63, 3.8) is 0 Å². The van der Waals surface area contributed by atoms with Gasteiger partial charge in [-0.3, -0.25) is 0 Å². The van der Waals surface area contributed by atoms with Gasteiger partial charge in [-0.05, 0) is 28.2 Å². The van der Waals surface area contributed by atoms with Crippen LogP contribution in [0.25, 0.3) is 0 Å². The van der Waals surface area contributed by atoms with E-state index in [2.05, 4.69) is 15.9 Å². The fraction of sp³-hybridized carbons (Fsp3) is 0. The van der Waals surface area contributed by atoms with Crippen LogP contribution in [0.5, 0.6) is 0 Å². The number of halogens is 1. The summed E-state index contributed by atoms with van der Waals surface area (Å²) < 4.78 is 0.787. The van der Waals surface area contributed by atoms with Crippen LogP contribution in [0, 0.1) is 0 Å². The van der Waals surface area contributed by atoms with E-state index in [0.29, 0.717) is 0 Å². The van der Waals surface area contributed by atoms with E-state index in [-0.39, 0.29) is 0 Å². The first-order chi connectivity index (χ1) is 3.31. The predicted octanol–water partition coefficient (Wildman–Crippen LogP) is 0.654. The van der Waals surface area contributed by atoms with E-state index in [0.717, 1.165) is 4.48 Å². The standard InChI is InChI=1S/C4H7BrN2/c5-4(3-7)1-2-6/h1-3H,6-7H2/b2-1-,4-3+. The molecule has 0 spiro atoms. The van der Waals surface area contributed by atoms with E-state index < -0.39 is 0 Å². The minimum Gasteiger partial charge on any atom is -0.405 e. The van der Waals surface area contributed by atoms with Crippen LogP contribution in [0.1, 0.15) is 0 Å². The van der Waals surface area contributed by atoms with Crippen molar-refractivity contribution in [2.75, 3.05) is 0 Å². The van der Waals surface area contributed by atoms with Crippen LogP contribution >= 0.6 is 15.9 Å². The van der Waals surface area contributed by atoms with Crippen molar-refractivity contribution in [1.82, 2.24) is 0 Å². The fourth-order valence-electron chi connectivity index (χ4n) is 0.147. The Morgan fingerprint density at radius 3 is 2.14 bits per heavy atom. The molecule has 0 bridgehead atoms. The van der Waals surface area contributed by atoms with Gasteiger partial charge >= 0.3 is 0 Å². The lowest BCUT2D eigenvalue weighted by Crippen LogP contribution is -1.80. The van der Waals surface area contributed by atoms with E-state index in [1.807, 2.05) is 0 Å². The minimum atomic E-state index is 0.787. The van der Waals surface area contributed by atoms with Crippen LogP contribution in [0.2, 0.25) is 0 Å². The van der Waals surface area contributed by atoms with Gasteiger partial charge in [-0.15, -0.1) is 0 Å². The molecule has 3 heteroatoms. The normalized spacial score (nSPS) is 13.0. The number of rotatable bonds is 1. The van der Waals surface area contributed by atoms with Crippen molar-refractivity contribution >= 4 is 15.9 Å². The highest BCUT2D eigenvalue weighted by Gasteiger charge is 1.73. The summed E-state index contributed by atoms with van der Waals surface area (Å²) in [6.45, 7) is 0. The second-order valence-corrected chi connectivity index (χ2v) is 1.83. The van der Waals surface area contributed by atoms with Gasteiger partial charge in [-0.1, -0.05) is 0 Å². The number of allylic oxidation sites excluding steroid dienone is 2. The van der Waals surface area contributed by atoms with Gasteiger partial charge in [-0.25, -0.2) is 0 Å². The molecule has 0 unspecified atom stereocenters. The molecule has 0 saturated carbocycles. The first-order valence-electron chi connectivity index (χ1n) is 1.77. The summed E-state index contributed by atoms with van der Waals surface area (Å²) in [5.41, 5.74) is 10.0. The van der Waals surface area contributed by atoms with Crippen molar-refractivity contribution in [1.29, 1.82) is 0 Å². The Hall–Kier alpha value is -0.440. The van der Waals surface area contributed by atoms with E-state index in [1.54, 1.807) is 6.08 Å². The lowest BCUT2D eigenvalue weighted by Gasteiger charge is -1.79. The van der Waals surface area contributed by atoms with Crippen molar-refractivity contribution < 1.29 is 0 Å². The van der Waals surface area contributed by atoms with Gasteiger partial charge in [0, 0.05) is 10.7 Å². The van der Waals surface area contributed by atoms with Gasteiger partial charge in [0.05, 0.1) is 0 Å². The zero-order valence-corrected chi connectivity index (χ0v) is 5.35. The van der Waals surface area contributed by atoms with Gasteiger partial charge in [0.1, 0.15) is 0 Å². The second kappa shape index (κ2) is 3.74. The zero-order valence-electron chi connectivity index (χ0n) is 3.76. The quantitative estimate of drug-likeness (QED) is 0.557. The number of hydrogen-bond acceptors (Lipinski definition) is 2. The predicted molar refractivity (Wildman–Crippen MR) is 34.5 cm³/mol. The fourth-order valence-corrected chi connectivity index (χ4v) is 0.300. The zero-order chi connectivity index (χ0) is 5.70. The molecule has 4 N–H and O–H groups in total. The molecule has 0 amide bonds. The van der Waals surface area contributed by atoms with Gasteiger partial charge in [-0.2, -0.15) is 0 Å². The van der Waals surface area contributed by atoms with Gasteiger partial charge in [0.15, 0.2) is 0 Å². The molecule has 40 valence electrons. The molecule has 0 aliphatic rings. The SMILES string of the molecule is N/C=C\C(Br)=C/N. The maximum atomic E-state index is 5.04. The topological polar surface area (TPSA) is 52.0 Å². The molecule has 0 aliphatic carbocycles. The highest BCUT2D eigenvalue weighted by atomic mass is 79.9. The van der Waals surface area contributed by atoms with Crippen LogP contribution < -0.4 is 11.5 Å². The summed E-state index contributed by atoms with van der Waals surface area (Å²) in [4.78, 5) is 0. The van der Waals surface area contributed by atoms with Crippen molar-refractivity contribution in [2.24, 2.45) is 11.5 Å². The van der Waals surface area contributed by atoms with E-state index >= 15 is 0 Å². The summed E-state index contributed by atoms with van der Waals surface area (Å²) in [5, 5.41) is 0. The smallest absolute Gasteiger partial charge is 0.0344 e. The lowest BCUT2D eigenvalue weighted by atomic mass is 10.6. The summed E-state index contributed by atoms with van der Waals surface area (Å²) in [5.74, 6) is 0. The molecule has 0 aromatic rings. The third kappa shape index (κ3) is 3.39. The second-order valence-electron chi connectivity index (χ2n) is 0.911. The van der Waals surface area contributed by atoms with Crippen LogP contribution in [-0.2, 0) is 0 Å². The lowest BCUT2D eigenvalue weighted by molar-refractivity contribution is 1.55. The summed E-state index contributed by atoms with van der Waals surface area (Å²) in [6, 6.07) is 0. The van der Waals surface area contributed by atoms with Crippen molar-refractivity contribution in [3.05, 3.63) is 23.0 Å². The molecule has 0 atom stereocenters. The third-order valence-corrected chi connectivity index (χ3v) is 0.943. The summed E-state index contributed by atoms with van der Waals surface area (Å²) >= 11 is 3.11. The summed E-state index contributed by atoms with van der Waals surface area (Å²) in [7, 11) is 0. The first kappa shape index (κ1) is 6.56. The Morgan fingerprint density at radius 1 is 1.43 bits per heavy atom. The Labute approximate surface area is 51.0 Å². The maximum absolute atomic E-state index is 5.04. The monoisotopic (exact) mass is 162 g/mol. The molecule has 0 aromatic heterocycles. The first-order valence-corrected chi connectivity index (χ1v) is 2.56. The van der Waals surface area contributed by atoms with Crippen molar-refractivity contribution in [3.8, 4) is 0 Å². The molecule has 0 heterocycles. The molecular formula is C4H7BrN2. The van der Waals surface area contributed by atoms with Crippen LogP contribution in [-0.4, -0.2) is 0 Å². The van der Waals surface area contributed by atoms with Crippen LogP contribution in [0.3, 0.4) is 0 Å². The number of nitrogens with two attached hydrogens (primary N) is 2.